The standard InChI is InChI=1S/C18H14N2S/c1-13-7-5-6-10-17(13)20-18-15(11-19)16(12-21-18)14-8-3-2-4-9-14/h2-10,12,20H,1H3. The molecule has 0 atom stereocenters. The molecule has 2 aromatic carbocycles. The van der Waals surface area contributed by atoms with E-state index in [2.05, 4.69) is 24.4 Å². The van der Waals surface area contributed by atoms with E-state index in [1.807, 2.05) is 53.9 Å². The van der Waals surface area contributed by atoms with Gasteiger partial charge in [0.15, 0.2) is 0 Å². The van der Waals surface area contributed by atoms with Crippen LogP contribution in [0.1, 0.15) is 11.1 Å². The van der Waals surface area contributed by atoms with Crippen LogP contribution in [0.3, 0.4) is 0 Å². The minimum atomic E-state index is 0.703. The quantitative estimate of drug-likeness (QED) is 0.706. The molecule has 1 aromatic heterocycles. The number of para-hydroxylation sites is 1. The SMILES string of the molecule is Cc1ccccc1Nc1scc(-c2ccccc2)c1C#N. The second-order valence-electron chi connectivity index (χ2n) is 4.77. The maximum Gasteiger partial charge on any atom is 0.111 e. The van der Waals surface area contributed by atoms with E-state index in [-0.39, 0.29) is 0 Å². The largest absolute Gasteiger partial charge is 0.346 e. The highest BCUT2D eigenvalue weighted by Gasteiger charge is 2.13. The zero-order valence-corrected chi connectivity index (χ0v) is 12.4. The van der Waals surface area contributed by atoms with Crippen LogP contribution in [0.4, 0.5) is 10.7 Å². The summed E-state index contributed by atoms with van der Waals surface area (Å²) in [4.78, 5) is 0. The van der Waals surface area contributed by atoms with Gasteiger partial charge in [0.1, 0.15) is 11.1 Å². The molecule has 0 saturated carbocycles. The molecule has 1 heterocycles. The molecule has 1 N–H and O–H groups in total. The number of nitrogens with zero attached hydrogens (tertiary/aromatic N) is 1. The summed E-state index contributed by atoms with van der Waals surface area (Å²) in [5.74, 6) is 0. The van der Waals surface area contributed by atoms with Crippen molar-refractivity contribution in [3.63, 3.8) is 0 Å². The number of nitriles is 1. The fraction of sp³-hybridized carbons (Fsp3) is 0.0556. The van der Waals surface area contributed by atoms with Crippen molar-refractivity contribution in [2.24, 2.45) is 0 Å². The van der Waals surface area contributed by atoms with Crippen LogP contribution in [0.15, 0.2) is 60.0 Å². The zero-order chi connectivity index (χ0) is 14.7. The Bertz CT molecular complexity index is 798. The van der Waals surface area contributed by atoms with E-state index in [9.17, 15) is 5.26 Å². The average Bonchev–Trinajstić information content (AvgIpc) is 2.93. The van der Waals surface area contributed by atoms with E-state index < -0.39 is 0 Å². The lowest BCUT2D eigenvalue weighted by molar-refractivity contribution is 1.44. The normalized spacial score (nSPS) is 10.1. The third kappa shape index (κ3) is 2.67. The summed E-state index contributed by atoms with van der Waals surface area (Å²) < 4.78 is 0. The minimum Gasteiger partial charge on any atom is -0.346 e. The molecule has 0 spiro atoms. The van der Waals surface area contributed by atoms with Crippen molar-refractivity contribution in [1.29, 1.82) is 5.26 Å². The predicted molar refractivity (Wildman–Crippen MR) is 88.9 cm³/mol. The zero-order valence-electron chi connectivity index (χ0n) is 11.6. The molecule has 102 valence electrons. The van der Waals surface area contributed by atoms with Crippen molar-refractivity contribution in [2.45, 2.75) is 6.92 Å². The summed E-state index contributed by atoms with van der Waals surface area (Å²) in [7, 11) is 0. The molecule has 0 unspecified atom stereocenters. The molecular weight excluding hydrogens is 276 g/mol. The second-order valence-corrected chi connectivity index (χ2v) is 5.65. The highest BCUT2D eigenvalue weighted by atomic mass is 32.1. The van der Waals surface area contributed by atoms with Crippen molar-refractivity contribution in [3.05, 3.63) is 71.1 Å². The molecule has 0 saturated heterocycles. The van der Waals surface area contributed by atoms with E-state index in [4.69, 9.17) is 0 Å². The van der Waals surface area contributed by atoms with Gasteiger partial charge in [0.25, 0.3) is 0 Å². The van der Waals surface area contributed by atoms with Gasteiger partial charge in [-0.25, -0.2) is 0 Å². The van der Waals surface area contributed by atoms with Crippen LogP contribution in [0.25, 0.3) is 11.1 Å². The van der Waals surface area contributed by atoms with Gasteiger partial charge in [0.05, 0.1) is 5.56 Å². The summed E-state index contributed by atoms with van der Waals surface area (Å²) in [6.45, 7) is 2.06. The number of aryl methyl sites for hydroxylation is 1. The Morgan fingerprint density at radius 1 is 1.00 bits per heavy atom. The molecule has 3 aromatic rings. The Kier molecular flexibility index (Phi) is 3.72. The number of benzene rings is 2. The Labute approximate surface area is 128 Å². The van der Waals surface area contributed by atoms with E-state index in [1.54, 1.807) is 11.3 Å². The fourth-order valence-electron chi connectivity index (χ4n) is 2.23. The first-order chi connectivity index (χ1) is 10.3. The molecule has 0 bridgehead atoms. The van der Waals surface area contributed by atoms with Gasteiger partial charge < -0.3 is 5.32 Å². The number of thiophene rings is 1. The lowest BCUT2D eigenvalue weighted by atomic mass is 10.0. The number of anilines is 2. The number of nitrogens with one attached hydrogen (secondary N) is 1. The topological polar surface area (TPSA) is 35.8 Å². The van der Waals surface area contributed by atoms with E-state index >= 15 is 0 Å². The van der Waals surface area contributed by atoms with Crippen molar-refractivity contribution in [3.8, 4) is 17.2 Å². The van der Waals surface area contributed by atoms with Crippen LogP contribution in [-0.2, 0) is 0 Å². The van der Waals surface area contributed by atoms with Gasteiger partial charge in [-0.3, -0.25) is 0 Å². The van der Waals surface area contributed by atoms with Crippen molar-refractivity contribution < 1.29 is 0 Å². The smallest absolute Gasteiger partial charge is 0.111 e. The van der Waals surface area contributed by atoms with E-state index in [0.29, 0.717) is 5.56 Å². The van der Waals surface area contributed by atoms with Gasteiger partial charge in [-0.1, -0.05) is 48.5 Å². The number of hydrogen-bond acceptors (Lipinski definition) is 3. The summed E-state index contributed by atoms with van der Waals surface area (Å²) in [5, 5.41) is 15.8. The first kappa shape index (κ1) is 13.4. The maximum atomic E-state index is 9.51. The molecule has 0 aliphatic carbocycles. The molecule has 2 nitrogen and oxygen atoms in total. The first-order valence-corrected chi connectivity index (χ1v) is 7.57. The second kappa shape index (κ2) is 5.82. The number of hydrogen-bond donors (Lipinski definition) is 1. The summed E-state index contributed by atoms with van der Waals surface area (Å²) in [6, 6.07) is 20.4. The van der Waals surface area contributed by atoms with Gasteiger partial charge in [-0.2, -0.15) is 5.26 Å². The first-order valence-electron chi connectivity index (χ1n) is 6.69. The van der Waals surface area contributed by atoms with Crippen molar-refractivity contribution in [2.75, 3.05) is 5.32 Å². The lowest BCUT2D eigenvalue weighted by Crippen LogP contribution is -1.92. The van der Waals surface area contributed by atoms with Crippen LogP contribution >= 0.6 is 11.3 Å². The Hall–Kier alpha value is -2.57. The molecule has 3 heteroatoms. The maximum absolute atomic E-state index is 9.51. The van der Waals surface area contributed by atoms with E-state index in [0.717, 1.165) is 27.4 Å². The lowest BCUT2D eigenvalue weighted by Gasteiger charge is -2.08. The molecule has 0 fully saturated rings. The highest BCUT2D eigenvalue weighted by Crippen LogP contribution is 2.36. The molecular formula is C18H14N2S. The molecule has 0 aliphatic heterocycles. The van der Waals surface area contributed by atoms with Gasteiger partial charge in [-0.05, 0) is 24.1 Å². The summed E-state index contributed by atoms with van der Waals surface area (Å²) in [6.07, 6.45) is 0. The summed E-state index contributed by atoms with van der Waals surface area (Å²) in [5.41, 5.74) is 4.96. The molecule has 0 aliphatic rings. The molecule has 0 amide bonds. The van der Waals surface area contributed by atoms with Crippen LogP contribution in [-0.4, -0.2) is 0 Å². The van der Waals surface area contributed by atoms with Crippen LogP contribution in [0.5, 0.6) is 0 Å². The van der Waals surface area contributed by atoms with Crippen molar-refractivity contribution >= 4 is 22.0 Å². The average molecular weight is 290 g/mol. The van der Waals surface area contributed by atoms with Gasteiger partial charge in [0.2, 0.25) is 0 Å². The van der Waals surface area contributed by atoms with E-state index in [1.165, 1.54) is 0 Å². The third-order valence-corrected chi connectivity index (χ3v) is 4.28. The van der Waals surface area contributed by atoms with Crippen molar-refractivity contribution in [1.82, 2.24) is 0 Å². The predicted octanol–water partition coefficient (Wildman–Crippen LogP) is 5.34. The van der Waals surface area contributed by atoms with Crippen LogP contribution in [0.2, 0.25) is 0 Å². The third-order valence-electron chi connectivity index (χ3n) is 3.38. The highest BCUT2D eigenvalue weighted by molar-refractivity contribution is 7.15. The Morgan fingerprint density at radius 3 is 2.43 bits per heavy atom. The summed E-state index contributed by atoms with van der Waals surface area (Å²) >= 11 is 1.57. The minimum absolute atomic E-state index is 0.703. The van der Waals surface area contributed by atoms with Crippen LogP contribution < -0.4 is 5.32 Å². The fourth-order valence-corrected chi connectivity index (χ4v) is 3.16. The molecule has 21 heavy (non-hydrogen) atoms. The van der Waals surface area contributed by atoms with Gasteiger partial charge in [0, 0.05) is 16.6 Å². The van der Waals surface area contributed by atoms with Crippen LogP contribution in [0, 0.1) is 18.3 Å². The Morgan fingerprint density at radius 2 is 1.71 bits per heavy atom. The molecule has 0 radical (unpaired) electrons. The Balaban J connectivity index is 2.01. The van der Waals surface area contributed by atoms with Gasteiger partial charge in [-0.15, -0.1) is 11.3 Å². The number of rotatable bonds is 3. The van der Waals surface area contributed by atoms with Gasteiger partial charge >= 0.3 is 0 Å². The monoisotopic (exact) mass is 290 g/mol. The molecule has 3 rings (SSSR count).